The Balaban J connectivity index is 1.38. The molecule has 0 spiro atoms. The van der Waals surface area contributed by atoms with Crippen LogP contribution in [0.1, 0.15) is 105 Å². The minimum Gasteiger partial charge on any atom is -0.756 e. The van der Waals surface area contributed by atoms with E-state index in [1.807, 2.05) is 21.1 Å². The second-order valence-electron chi connectivity index (χ2n) is 15.6. The van der Waals surface area contributed by atoms with Gasteiger partial charge in [-0.25, -0.2) is 0 Å². The molecule has 0 heterocycles. The zero-order valence-corrected chi connectivity index (χ0v) is 26.7. The number of rotatable bonds is 11. The number of hydrogen-bond donors (Lipinski definition) is 0. The largest absolute Gasteiger partial charge is 0.756 e. The van der Waals surface area contributed by atoms with Crippen LogP contribution in [0.5, 0.6) is 0 Å². The van der Waals surface area contributed by atoms with Gasteiger partial charge in [0.05, 0.1) is 27.2 Å². The molecule has 1 unspecified atom stereocenters. The first kappa shape index (κ1) is 30.8. The lowest BCUT2D eigenvalue weighted by Gasteiger charge is -2.58. The van der Waals surface area contributed by atoms with Crippen LogP contribution in [0.2, 0.25) is 0 Å². The average Bonchev–Trinajstić information content (AvgIpc) is 3.15. The molecule has 0 amide bonds. The molecule has 0 aromatic heterocycles. The van der Waals surface area contributed by atoms with Gasteiger partial charge in [0.25, 0.3) is 7.82 Å². The van der Waals surface area contributed by atoms with Crippen LogP contribution in [0, 0.1) is 46.3 Å². The third-order valence-electron chi connectivity index (χ3n) is 11.5. The molecule has 3 saturated carbocycles. The summed E-state index contributed by atoms with van der Waals surface area (Å²) in [6, 6.07) is 0. The lowest BCUT2D eigenvalue weighted by molar-refractivity contribution is -0.870. The summed E-state index contributed by atoms with van der Waals surface area (Å²) in [4.78, 5) is 12.6. The molecule has 4 aliphatic carbocycles. The lowest BCUT2D eigenvalue weighted by atomic mass is 9.47. The van der Waals surface area contributed by atoms with E-state index in [1.54, 1.807) is 0 Å². The minimum absolute atomic E-state index is 0.165. The Morgan fingerprint density at radius 3 is 2.47 bits per heavy atom. The molecule has 38 heavy (non-hydrogen) atoms. The summed E-state index contributed by atoms with van der Waals surface area (Å²) in [7, 11) is 1.79. The fourth-order valence-electron chi connectivity index (χ4n) is 9.38. The van der Waals surface area contributed by atoms with Gasteiger partial charge in [-0.15, -0.1) is 0 Å². The summed E-state index contributed by atoms with van der Waals surface area (Å²) < 4.78 is 24.1. The number of quaternary nitrogens is 1. The van der Waals surface area contributed by atoms with E-state index in [2.05, 4.69) is 40.7 Å². The second kappa shape index (κ2) is 11.6. The maximum absolute atomic E-state index is 12.6. The normalized spacial score (nSPS) is 39.6. The van der Waals surface area contributed by atoms with Crippen LogP contribution in [-0.2, 0) is 13.6 Å². The molecule has 0 aromatic rings. The van der Waals surface area contributed by atoms with Gasteiger partial charge in [-0.05, 0) is 97.7 Å². The Kier molecular flexibility index (Phi) is 9.38. The zero-order chi connectivity index (χ0) is 27.9. The monoisotopic (exact) mass is 551 g/mol. The van der Waals surface area contributed by atoms with Crippen molar-refractivity contribution in [2.24, 2.45) is 46.3 Å². The predicted molar refractivity (Wildman–Crippen MR) is 154 cm³/mol. The molecule has 220 valence electrons. The molecule has 4 rings (SSSR count). The summed E-state index contributed by atoms with van der Waals surface area (Å²) in [6.07, 6.45) is 15.6. The van der Waals surface area contributed by atoms with Gasteiger partial charge in [-0.3, -0.25) is 4.57 Å². The molecule has 0 N–H and O–H groups in total. The molecule has 0 bridgehead atoms. The van der Waals surface area contributed by atoms with E-state index in [0.717, 1.165) is 54.8 Å². The Morgan fingerprint density at radius 1 is 1.05 bits per heavy atom. The summed E-state index contributed by atoms with van der Waals surface area (Å²) >= 11 is 0. The smallest absolute Gasteiger partial charge is 0.268 e. The zero-order valence-electron chi connectivity index (χ0n) is 25.8. The summed E-state index contributed by atoms with van der Waals surface area (Å²) in [6.45, 7) is 13.2. The molecule has 6 heteroatoms. The van der Waals surface area contributed by atoms with Crippen molar-refractivity contribution in [3.05, 3.63) is 11.6 Å². The number of phosphoric ester groups is 1. The van der Waals surface area contributed by atoms with Gasteiger partial charge in [0.2, 0.25) is 0 Å². The summed E-state index contributed by atoms with van der Waals surface area (Å²) in [5.74, 6) is 4.90. The highest BCUT2D eigenvalue weighted by atomic mass is 31.2. The quantitative estimate of drug-likeness (QED) is 0.151. The van der Waals surface area contributed by atoms with E-state index in [1.165, 1.54) is 56.9 Å². The number of likely N-dealkylation sites (N-methyl/N-ethyl adjacent to an activating group) is 1. The van der Waals surface area contributed by atoms with Gasteiger partial charge < -0.3 is 18.4 Å². The fraction of sp³-hybridized carbons (Fsp3) is 0.938. The molecule has 9 atom stereocenters. The number of nitrogens with zero attached hydrogens (tertiary/aromatic N) is 1. The average molecular weight is 552 g/mol. The number of phosphoric acid groups is 1. The lowest BCUT2D eigenvalue weighted by Crippen LogP contribution is -2.51. The van der Waals surface area contributed by atoms with E-state index in [-0.39, 0.29) is 18.1 Å². The maximum Gasteiger partial charge on any atom is 0.268 e. The Bertz CT molecular complexity index is 896. The number of hydrogen-bond acceptors (Lipinski definition) is 4. The highest BCUT2D eigenvalue weighted by Gasteiger charge is 2.59. The molecular formula is C32H58NO4P. The van der Waals surface area contributed by atoms with E-state index in [9.17, 15) is 9.46 Å². The number of fused-ring (bicyclic) bond motifs is 5. The van der Waals surface area contributed by atoms with Crippen LogP contribution >= 0.6 is 7.82 Å². The van der Waals surface area contributed by atoms with E-state index >= 15 is 0 Å². The first-order chi connectivity index (χ1) is 17.6. The molecule has 3 fully saturated rings. The van der Waals surface area contributed by atoms with Gasteiger partial charge in [0.1, 0.15) is 13.2 Å². The van der Waals surface area contributed by atoms with Crippen molar-refractivity contribution in [1.29, 1.82) is 0 Å². The van der Waals surface area contributed by atoms with Crippen LogP contribution < -0.4 is 4.89 Å². The van der Waals surface area contributed by atoms with Crippen molar-refractivity contribution in [1.82, 2.24) is 0 Å². The van der Waals surface area contributed by atoms with Crippen LogP contribution in [0.25, 0.3) is 0 Å². The Hall–Kier alpha value is -0.190. The first-order valence-electron chi connectivity index (χ1n) is 15.8. The minimum atomic E-state index is -4.29. The molecule has 0 saturated heterocycles. The van der Waals surface area contributed by atoms with E-state index in [4.69, 9.17) is 9.05 Å². The topological polar surface area (TPSA) is 58.6 Å². The van der Waals surface area contributed by atoms with Crippen LogP contribution in [0.4, 0.5) is 0 Å². The van der Waals surface area contributed by atoms with Crippen LogP contribution in [-0.4, -0.2) is 44.9 Å². The van der Waals surface area contributed by atoms with Gasteiger partial charge in [-0.2, -0.15) is 0 Å². The van der Waals surface area contributed by atoms with Crippen molar-refractivity contribution in [3.8, 4) is 0 Å². The third-order valence-corrected chi connectivity index (χ3v) is 12.6. The van der Waals surface area contributed by atoms with Crippen molar-refractivity contribution in [2.45, 2.75) is 111 Å². The SMILES string of the molecule is CC(C)CCC[C@@H](C)[C@@H]1CC[C@H]2[C@@H]3CC=C4C[C@H](OP(=O)([O-])OCC[N+](C)(C)C)CC[C@]4(C)[C@H]3CC[C@@]21C. The molecule has 4 aliphatic rings. The summed E-state index contributed by atoms with van der Waals surface area (Å²) in [5.41, 5.74) is 2.16. The predicted octanol–water partition coefficient (Wildman–Crippen LogP) is 7.60. The standard InChI is InChI=1S/C32H58NO4P/c1-23(2)10-9-11-24(3)28-14-15-29-27-13-12-25-22-26(37-38(34,35)36-21-20-33(6,7)8)16-18-31(25,4)30(27)17-19-32(28,29)5/h12,23-24,26-30H,9-11,13-22H2,1-8H3/t24-,26-,27+,28+,29+,30+,31+,32-/m1/s1. The van der Waals surface area contributed by atoms with Gasteiger partial charge >= 0.3 is 0 Å². The van der Waals surface area contributed by atoms with Crippen LogP contribution in [0.15, 0.2) is 11.6 Å². The highest BCUT2D eigenvalue weighted by Crippen LogP contribution is 2.67. The van der Waals surface area contributed by atoms with Gasteiger partial charge in [0, 0.05) is 0 Å². The molecule has 0 radical (unpaired) electrons. The molecule has 0 aromatic carbocycles. The first-order valence-corrected chi connectivity index (χ1v) is 17.2. The third kappa shape index (κ3) is 6.64. The van der Waals surface area contributed by atoms with E-state index in [0.29, 0.717) is 16.4 Å². The van der Waals surface area contributed by atoms with Gasteiger partial charge in [0.15, 0.2) is 0 Å². The van der Waals surface area contributed by atoms with Crippen molar-refractivity contribution >= 4 is 7.82 Å². The maximum atomic E-state index is 12.6. The molecule has 0 aliphatic heterocycles. The Labute approximate surface area is 234 Å². The second-order valence-corrected chi connectivity index (χ2v) is 16.9. The summed E-state index contributed by atoms with van der Waals surface area (Å²) in [5, 5.41) is 0. The molecule has 5 nitrogen and oxygen atoms in total. The van der Waals surface area contributed by atoms with Crippen LogP contribution in [0.3, 0.4) is 0 Å². The molecular weight excluding hydrogens is 493 g/mol. The van der Waals surface area contributed by atoms with Crippen molar-refractivity contribution < 1.29 is 23.0 Å². The highest BCUT2D eigenvalue weighted by molar-refractivity contribution is 7.45. The van der Waals surface area contributed by atoms with Gasteiger partial charge in [-0.1, -0.05) is 65.5 Å². The number of allylic oxidation sites excluding steroid dienone is 1. The van der Waals surface area contributed by atoms with Crippen molar-refractivity contribution in [2.75, 3.05) is 34.3 Å². The van der Waals surface area contributed by atoms with Crippen molar-refractivity contribution in [3.63, 3.8) is 0 Å². The van der Waals surface area contributed by atoms with E-state index < -0.39 is 7.82 Å². The fourth-order valence-corrected chi connectivity index (χ4v) is 10.3. The Morgan fingerprint density at radius 2 is 1.79 bits per heavy atom.